The standard InChI is InChI=1S/C24H33N7O3S3/c1-17-16-25-23(35-17)26-21-20(34-4)22(31-14-12-30(13-15-31)11-10-29(2)3)28-24(27-21)36-18-6-8-19(9-7-18)37(5,32)33/h6-9,16H,10-15H2,1-5H3,(H,25,26,27,28). The number of rotatable bonds is 10. The molecule has 4 rings (SSSR count). The lowest BCUT2D eigenvalue weighted by Gasteiger charge is -2.36. The average Bonchev–Trinajstić information content (AvgIpc) is 3.27. The van der Waals surface area contributed by atoms with Crippen molar-refractivity contribution in [2.45, 2.75) is 21.9 Å². The molecular formula is C24H33N7O3S3. The maximum Gasteiger partial charge on any atom is 0.204 e. The maximum absolute atomic E-state index is 11.8. The molecule has 37 heavy (non-hydrogen) atoms. The zero-order valence-electron chi connectivity index (χ0n) is 21.8. The summed E-state index contributed by atoms with van der Waals surface area (Å²) in [6, 6.07) is 6.75. The molecule has 3 heterocycles. The minimum Gasteiger partial charge on any atom is -0.490 e. The summed E-state index contributed by atoms with van der Waals surface area (Å²) in [5.74, 6) is 1.86. The first-order valence-corrected chi connectivity index (χ1v) is 15.4. The van der Waals surface area contributed by atoms with Gasteiger partial charge in [-0.05, 0) is 57.0 Å². The van der Waals surface area contributed by atoms with Crippen LogP contribution in [0.1, 0.15) is 4.88 Å². The van der Waals surface area contributed by atoms with Gasteiger partial charge < -0.3 is 19.9 Å². The SMILES string of the molecule is COc1c(Nc2ncc(C)s2)nc(Sc2ccc(S(C)(=O)=O)cc2)nc1N1CCN(CCN(C)C)CC1. The van der Waals surface area contributed by atoms with Crippen LogP contribution in [0, 0.1) is 6.92 Å². The molecule has 3 aromatic rings. The Balaban J connectivity index is 1.63. The molecule has 0 atom stereocenters. The number of benzene rings is 1. The van der Waals surface area contributed by atoms with Crippen LogP contribution in [-0.4, -0.2) is 99.9 Å². The van der Waals surface area contributed by atoms with Gasteiger partial charge in [0.25, 0.3) is 0 Å². The van der Waals surface area contributed by atoms with E-state index in [-0.39, 0.29) is 4.90 Å². The van der Waals surface area contributed by atoms with Crippen LogP contribution in [0.15, 0.2) is 45.4 Å². The molecular weight excluding hydrogens is 531 g/mol. The number of thiazole rings is 1. The van der Waals surface area contributed by atoms with E-state index in [1.54, 1.807) is 31.4 Å². The smallest absolute Gasteiger partial charge is 0.204 e. The summed E-state index contributed by atoms with van der Waals surface area (Å²) in [7, 11) is 2.55. The monoisotopic (exact) mass is 563 g/mol. The minimum absolute atomic E-state index is 0.279. The Morgan fingerprint density at radius 3 is 2.41 bits per heavy atom. The highest BCUT2D eigenvalue weighted by molar-refractivity contribution is 7.99. The lowest BCUT2D eigenvalue weighted by atomic mass is 10.3. The topological polar surface area (TPSA) is 104 Å². The van der Waals surface area contributed by atoms with E-state index in [1.165, 1.54) is 29.4 Å². The highest BCUT2D eigenvalue weighted by atomic mass is 32.2. The fourth-order valence-corrected chi connectivity index (χ4v) is 5.90. The minimum atomic E-state index is -3.26. The number of anilines is 3. The number of nitrogens with zero attached hydrogens (tertiary/aromatic N) is 6. The lowest BCUT2D eigenvalue weighted by molar-refractivity contribution is 0.228. The van der Waals surface area contributed by atoms with Gasteiger partial charge >= 0.3 is 0 Å². The van der Waals surface area contributed by atoms with Crippen LogP contribution >= 0.6 is 23.1 Å². The second-order valence-electron chi connectivity index (χ2n) is 9.09. The van der Waals surface area contributed by atoms with Crippen LogP contribution in [0.3, 0.4) is 0 Å². The summed E-state index contributed by atoms with van der Waals surface area (Å²) in [5, 5.41) is 4.58. The summed E-state index contributed by atoms with van der Waals surface area (Å²) in [6.07, 6.45) is 3.01. The van der Waals surface area contributed by atoms with Crippen molar-refractivity contribution in [1.82, 2.24) is 24.8 Å². The predicted octanol–water partition coefficient (Wildman–Crippen LogP) is 3.23. The molecule has 2 aromatic heterocycles. The zero-order valence-corrected chi connectivity index (χ0v) is 24.2. The lowest BCUT2D eigenvalue weighted by Crippen LogP contribution is -2.48. The van der Waals surface area contributed by atoms with Crippen molar-refractivity contribution in [3.63, 3.8) is 0 Å². The van der Waals surface area contributed by atoms with Gasteiger partial charge in [-0.3, -0.25) is 4.90 Å². The number of piperazine rings is 1. The number of methoxy groups -OCH3 is 1. The second kappa shape index (κ2) is 11.9. The molecule has 0 bridgehead atoms. The Labute approximate surface area is 227 Å². The summed E-state index contributed by atoms with van der Waals surface area (Å²) < 4.78 is 29.5. The summed E-state index contributed by atoms with van der Waals surface area (Å²) in [4.78, 5) is 23.2. The van der Waals surface area contributed by atoms with Crippen molar-refractivity contribution in [1.29, 1.82) is 0 Å². The van der Waals surface area contributed by atoms with Gasteiger partial charge in [0, 0.05) is 61.5 Å². The van der Waals surface area contributed by atoms with Crippen LogP contribution in [0.2, 0.25) is 0 Å². The molecule has 0 amide bonds. The third kappa shape index (κ3) is 7.32. The van der Waals surface area contributed by atoms with Crippen molar-refractivity contribution in [2.24, 2.45) is 0 Å². The predicted molar refractivity (Wildman–Crippen MR) is 150 cm³/mol. The van der Waals surface area contributed by atoms with E-state index in [9.17, 15) is 8.42 Å². The fourth-order valence-electron chi connectivity index (χ4n) is 3.85. The van der Waals surface area contributed by atoms with E-state index >= 15 is 0 Å². The van der Waals surface area contributed by atoms with Crippen LogP contribution in [0.4, 0.5) is 16.8 Å². The Hall–Kier alpha value is -2.45. The average molecular weight is 564 g/mol. The Bertz CT molecular complexity index is 1310. The molecule has 0 saturated carbocycles. The molecule has 1 aliphatic rings. The van der Waals surface area contributed by atoms with E-state index in [0.717, 1.165) is 60.0 Å². The van der Waals surface area contributed by atoms with Crippen LogP contribution in [0.25, 0.3) is 0 Å². The maximum atomic E-state index is 11.8. The van der Waals surface area contributed by atoms with Gasteiger partial charge in [-0.2, -0.15) is 0 Å². The quantitative estimate of drug-likeness (QED) is 0.368. The van der Waals surface area contributed by atoms with E-state index in [1.807, 2.05) is 13.1 Å². The molecule has 1 aliphatic heterocycles. The Morgan fingerprint density at radius 1 is 1.14 bits per heavy atom. The first-order chi connectivity index (χ1) is 17.6. The molecule has 1 aromatic carbocycles. The van der Waals surface area contributed by atoms with E-state index in [0.29, 0.717) is 16.7 Å². The van der Waals surface area contributed by atoms with Gasteiger partial charge in [0.2, 0.25) is 5.75 Å². The van der Waals surface area contributed by atoms with Crippen molar-refractivity contribution in [3.8, 4) is 5.75 Å². The third-order valence-corrected chi connectivity index (χ3v) is 8.70. The molecule has 1 N–H and O–H groups in total. The summed E-state index contributed by atoms with van der Waals surface area (Å²) in [5.41, 5.74) is 0. The van der Waals surface area contributed by atoms with E-state index in [4.69, 9.17) is 14.7 Å². The number of hydrogen-bond acceptors (Lipinski definition) is 12. The van der Waals surface area contributed by atoms with Crippen molar-refractivity contribution in [3.05, 3.63) is 35.3 Å². The molecule has 0 unspecified atom stereocenters. The van der Waals surface area contributed by atoms with Gasteiger partial charge in [-0.25, -0.2) is 23.4 Å². The molecule has 0 spiro atoms. The van der Waals surface area contributed by atoms with Crippen LogP contribution in [0.5, 0.6) is 5.75 Å². The number of likely N-dealkylation sites (N-methyl/N-ethyl adjacent to an activating group) is 1. The number of ether oxygens (including phenoxy) is 1. The van der Waals surface area contributed by atoms with Crippen molar-refractivity contribution >= 4 is 49.7 Å². The van der Waals surface area contributed by atoms with E-state index in [2.05, 4.69) is 39.1 Å². The van der Waals surface area contributed by atoms with E-state index < -0.39 is 9.84 Å². The van der Waals surface area contributed by atoms with Crippen molar-refractivity contribution in [2.75, 3.05) is 76.9 Å². The first kappa shape index (κ1) is 27.6. The highest BCUT2D eigenvalue weighted by Crippen LogP contribution is 2.39. The number of aromatic nitrogens is 3. The molecule has 0 aliphatic carbocycles. The fraction of sp³-hybridized carbons (Fsp3) is 0.458. The third-order valence-electron chi connectivity index (χ3n) is 5.87. The van der Waals surface area contributed by atoms with Crippen LogP contribution < -0.4 is 15.0 Å². The number of sulfone groups is 1. The van der Waals surface area contributed by atoms with Gasteiger partial charge in [0.15, 0.2) is 31.8 Å². The van der Waals surface area contributed by atoms with Gasteiger partial charge in [-0.1, -0.05) is 0 Å². The molecule has 0 radical (unpaired) electrons. The first-order valence-electron chi connectivity index (χ1n) is 11.9. The van der Waals surface area contributed by atoms with Crippen LogP contribution in [-0.2, 0) is 9.84 Å². The van der Waals surface area contributed by atoms with Gasteiger partial charge in [0.1, 0.15) is 0 Å². The molecule has 1 fully saturated rings. The normalized spacial score (nSPS) is 14.8. The molecule has 10 nitrogen and oxygen atoms in total. The Morgan fingerprint density at radius 2 is 1.84 bits per heavy atom. The highest BCUT2D eigenvalue weighted by Gasteiger charge is 2.25. The number of hydrogen-bond donors (Lipinski definition) is 1. The molecule has 200 valence electrons. The Kier molecular flexibility index (Phi) is 8.90. The zero-order chi connectivity index (χ0) is 26.6. The number of nitrogens with one attached hydrogen (secondary N) is 1. The molecule has 1 saturated heterocycles. The van der Waals surface area contributed by atoms with Gasteiger partial charge in [-0.15, -0.1) is 11.3 Å². The largest absolute Gasteiger partial charge is 0.490 e. The summed E-state index contributed by atoms with van der Waals surface area (Å²) in [6.45, 7) is 7.57. The van der Waals surface area contributed by atoms with Gasteiger partial charge in [0.05, 0.1) is 12.0 Å². The summed E-state index contributed by atoms with van der Waals surface area (Å²) >= 11 is 2.91. The van der Waals surface area contributed by atoms with Crippen molar-refractivity contribution < 1.29 is 13.2 Å². The molecule has 13 heteroatoms. The second-order valence-corrected chi connectivity index (χ2v) is 13.4. The number of aryl methyl sites for hydroxylation is 1.